The largest absolute Gasteiger partial charge is 0.289 e. The monoisotopic (exact) mass is 298 g/mol. The molecular weight excluding hydrogens is 268 g/mol. The fourth-order valence-electron chi connectivity index (χ4n) is 2.89. The van der Waals surface area contributed by atoms with Gasteiger partial charge in [0, 0.05) is 11.0 Å². The molecule has 1 heteroatoms. The molecule has 2 aliphatic carbocycles. The first-order valence-electron chi connectivity index (χ1n) is 8.50. The highest BCUT2D eigenvalue weighted by Gasteiger charge is 2.28. The van der Waals surface area contributed by atoms with Crippen LogP contribution in [-0.2, 0) is 4.79 Å². The van der Waals surface area contributed by atoms with Gasteiger partial charge in [-0.2, -0.15) is 0 Å². The highest BCUT2D eigenvalue weighted by Crippen LogP contribution is 2.40. The molecule has 0 N–H and O–H groups in total. The van der Waals surface area contributed by atoms with Crippen molar-refractivity contribution in [1.82, 2.24) is 0 Å². The van der Waals surface area contributed by atoms with E-state index in [1.165, 1.54) is 0 Å². The van der Waals surface area contributed by atoms with Crippen molar-refractivity contribution in [3.63, 3.8) is 0 Å². The number of carbonyl (C=O) groups is 1. The fourth-order valence-corrected chi connectivity index (χ4v) is 2.89. The van der Waals surface area contributed by atoms with E-state index in [1.54, 1.807) is 6.08 Å². The maximum Gasteiger partial charge on any atom is 0.185 e. The summed E-state index contributed by atoms with van der Waals surface area (Å²) in [6.45, 7) is 11.2. The summed E-state index contributed by atoms with van der Waals surface area (Å²) >= 11 is 0. The number of hydrogen-bond donors (Lipinski definition) is 0. The van der Waals surface area contributed by atoms with Crippen molar-refractivity contribution < 1.29 is 4.79 Å². The molecule has 2 atom stereocenters. The minimum atomic E-state index is 0.0159. The Morgan fingerprint density at radius 3 is 2.36 bits per heavy atom. The third-order valence-electron chi connectivity index (χ3n) is 5.38. The van der Waals surface area contributed by atoms with Crippen LogP contribution >= 0.6 is 0 Å². The maximum atomic E-state index is 12.4. The zero-order valence-electron chi connectivity index (χ0n) is 14.8. The molecule has 0 aromatic heterocycles. The Labute approximate surface area is 135 Å². The minimum absolute atomic E-state index is 0.0159. The van der Waals surface area contributed by atoms with E-state index in [9.17, 15) is 4.79 Å². The second-order valence-corrected chi connectivity index (χ2v) is 8.23. The van der Waals surface area contributed by atoms with E-state index >= 15 is 0 Å². The normalized spacial score (nSPS) is 34.0. The smallest absolute Gasteiger partial charge is 0.185 e. The topological polar surface area (TPSA) is 17.1 Å². The molecule has 0 saturated heterocycles. The van der Waals surface area contributed by atoms with E-state index in [1.807, 2.05) is 6.08 Å². The SMILES string of the molecule is CCC1(C)C=CC(C(=O)/C=C/C2(C)C=CC(C)(C)CC2)=CC1. The standard InChI is InChI=1S/C21H30O/c1-6-20(4)10-7-17(8-11-20)18(22)9-12-21(5)15-13-19(2,3)14-16-21/h7-10,12-13,15H,6,11,14,16H2,1-5H3/b12-9+. The van der Waals surface area contributed by atoms with Crippen molar-refractivity contribution in [2.24, 2.45) is 16.2 Å². The van der Waals surface area contributed by atoms with E-state index in [0.29, 0.717) is 0 Å². The van der Waals surface area contributed by atoms with Gasteiger partial charge in [0.15, 0.2) is 5.78 Å². The minimum Gasteiger partial charge on any atom is -0.289 e. The summed E-state index contributed by atoms with van der Waals surface area (Å²) in [4.78, 5) is 12.4. The van der Waals surface area contributed by atoms with Crippen molar-refractivity contribution in [3.8, 4) is 0 Å². The molecule has 0 heterocycles. The zero-order chi connectivity index (χ0) is 16.4. The van der Waals surface area contributed by atoms with Crippen molar-refractivity contribution in [3.05, 3.63) is 48.1 Å². The highest BCUT2D eigenvalue weighted by molar-refractivity contribution is 6.06. The molecular formula is C21H30O. The van der Waals surface area contributed by atoms with Crippen molar-refractivity contribution in [1.29, 1.82) is 0 Å². The van der Waals surface area contributed by atoms with Gasteiger partial charge in [0.25, 0.3) is 0 Å². The molecule has 0 spiro atoms. The van der Waals surface area contributed by atoms with Gasteiger partial charge in [-0.05, 0) is 42.6 Å². The van der Waals surface area contributed by atoms with Crippen LogP contribution in [0.4, 0.5) is 0 Å². The van der Waals surface area contributed by atoms with Gasteiger partial charge in [-0.15, -0.1) is 0 Å². The van der Waals surface area contributed by atoms with Crippen LogP contribution in [0.2, 0.25) is 0 Å². The van der Waals surface area contributed by atoms with Crippen molar-refractivity contribution in [2.45, 2.75) is 60.3 Å². The van der Waals surface area contributed by atoms with E-state index in [0.717, 1.165) is 31.3 Å². The Bertz CT molecular complexity index is 558. The lowest BCUT2D eigenvalue weighted by Crippen LogP contribution is -2.22. The molecule has 0 bridgehead atoms. The summed E-state index contributed by atoms with van der Waals surface area (Å²) in [5.74, 6) is 0.133. The first-order chi connectivity index (χ1) is 10.2. The van der Waals surface area contributed by atoms with Crippen LogP contribution in [-0.4, -0.2) is 5.78 Å². The summed E-state index contributed by atoms with van der Waals surface area (Å²) in [5, 5.41) is 0. The average molecular weight is 298 g/mol. The lowest BCUT2D eigenvalue weighted by atomic mass is 9.71. The molecule has 0 radical (unpaired) electrons. The Balaban J connectivity index is 2.03. The quantitative estimate of drug-likeness (QED) is 0.474. The molecule has 0 aromatic rings. The van der Waals surface area contributed by atoms with Crippen LogP contribution < -0.4 is 0 Å². The van der Waals surface area contributed by atoms with Gasteiger partial charge in [0.1, 0.15) is 0 Å². The molecule has 22 heavy (non-hydrogen) atoms. The molecule has 0 amide bonds. The number of allylic oxidation sites excluding steroid dienone is 8. The summed E-state index contributed by atoms with van der Waals surface area (Å²) in [6.07, 6.45) is 19.0. The third kappa shape index (κ3) is 4.09. The summed E-state index contributed by atoms with van der Waals surface area (Å²) in [5.41, 5.74) is 1.36. The number of ketones is 1. The first-order valence-corrected chi connectivity index (χ1v) is 8.50. The molecule has 2 aliphatic rings. The summed E-state index contributed by atoms with van der Waals surface area (Å²) in [7, 11) is 0. The summed E-state index contributed by atoms with van der Waals surface area (Å²) in [6, 6.07) is 0. The van der Waals surface area contributed by atoms with E-state index < -0.39 is 0 Å². The Morgan fingerprint density at radius 2 is 1.86 bits per heavy atom. The molecule has 0 aliphatic heterocycles. The van der Waals surface area contributed by atoms with Gasteiger partial charge < -0.3 is 0 Å². The van der Waals surface area contributed by atoms with Crippen LogP contribution in [0.15, 0.2) is 48.1 Å². The average Bonchev–Trinajstić information content (AvgIpc) is 2.49. The molecule has 0 saturated carbocycles. The Morgan fingerprint density at radius 1 is 1.14 bits per heavy atom. The van der Waals surface area contributed by atoms with Crippen LogP contribution in [0.25, 0.3) is 0 Å². The van der Waals surface area contributed by atoms with Crippen molar-refractivity contribution >= 4 is 5.78 Å². The van der Waals surface area contributed by atoms with Gasteiger partial charge in [-0.1, -0.05) is 71.1 Å². The van der Waals surface area contributed by atoms with Crippen LogP contribution in [0, 0.1) is 16.2 Å². The fraction of sp³-hybridized carbons (Fsp3) is 0.571. The predicted molar refractivity (Wildman–Crippen MR) is 94.6 cm³/mol. The third-order valence-corrected chi connectivity index (χ3v) is 5.38. The van der Waals surface area contributed by atoms with Gasteiger partial charge in [0.2, 0.25) is 0 Å². The van der Waals surface area contributed by atoms with Crippen LogP contribution in [0.3, 0.4) is 0 Å². The lowest BCUT2D eigenvalue weighted by molar-refractivity contribution is -0.111. The molecule has 0 fully saturated rings. The van der Waals surface area contributed by atoms with Crippen LogP contribution in [0.5, 0.6) is 0 Å². The zero-order valence-corrected chi connectivity index (χ0v) is 14.8. The second-order valence-electron chi connectivity index (χ2n) is 8.23. The predicted octanol–water partition coefficient (Wildman–Crippen LogP) is 5.80. The van der Waals surface area contributed by atoms with Crippen molar-refractivity contribution in [2.75, 3.05) is 0 Å². The van der Waals surface area contributed by atoms with E-state index in [2.05, 4.69) is 65.0 Å². The number of rotatable bonds is 4. The summed E-state index contributed by atoms with van der Waals surface area (Å²) < 4.78 is 0. The Kier molecular flexibility index (Phi) is 4.65. The van der Waals surface area contributed by atoms with E-state index in [-0.39, 0.29) is 22.0 Å². The molecule has 2 unspecified atom stereocenters. The van der Waals surface area contributed by atoms with Gasteiger partial charge in [-0.3, -0.25) is 4.79 Å². The lowest BCUT2D eigenvalue weighted by Gasteiger charge is -2.34. The second kappa shape index (κ2) is 6.02. The van der Waals surface area contributed by atoms with Gasteiger partial charge >= 0.3 is 0 Å². The first kappa shape index (κ1) is 17.0. The van der Waals surface area contributed by atoms with Crippen LogP contribution in [0.1, 0.15) is 60.3 Å². The molecule has 0 aromatic carbocycles. The number of hydrogen-bond acceptors (Lipinski definition) is 1. The molecule has 120 valence electrons. The highest BCUT2D eigenvalue weighted by atomic mass is 16.1. The number of carbonyl (C=O) groups excluding carboxylic acids is 1. The Hall–Kier alpha value is -1.37. The maximum absolute atomic E-state index is 12.4. The molecule has 1 nitrogen and oxygen atoms in total. The van der Waals surface area contributed by atoms with Gasteiger partial charge in [0.05, 0.1) is 0 Å². The van der Waals surface area contributed by atoms with E-state index in [4.69, 9.17) is 0 Å². The van der Waals surface area contributed by atoms with Gasteiger partial charge in [-0.25, -0.2) is 0 Å². The molecule has 2 rings (SSSR count).